The molecule has 0 spiro atoms. The zero-order chi connectivity index (χ0) is 26.9. The topological polar surface area (TPSA) is 78.1 Å². The quantitative estimate of drug-likeness (QED) is 0.435. The Morgan fingerprint density at radius 1 is 1.11 bits per heavy atom. The highest BCUT2D eigenvalue weighted by atomic mass is 35.5. The van der Waals surface area contributed by atoms with Crippen molar-refractivity contribution in [3.05, 3.63) is 80.2 Å². The van der Waals surface area contributed by atoms with E-state index in [-0.39, 0.29) is 23.9 Å². The average Bonchev–Trinajstić information content (AvgIpc) is 2.86. The summed E-state index contributed by atoms with van der Waals surface area (Å²) in [4.78, 5) is 32.1. The molecule has 1 aliphatic rings. The van der Waals surface area contributed by atoms with Gasteiger partial charge in [0.05, 0.1) is 16.8 Å². The van der Waals surface area contributed by atoms with Crippen LogP contribution in [0, 0.1) is 24.5 Å². The third kappa shape index (κ3) is 5.76. The largest absolute Gasteiger partial charge is 0.417 e. The normalized spacial score (nSPS) is 14.6. The molecule has 1 aromatic heterocycles. The van der Waals surface area contributed by atoms with Crippen LogP contribution in [0.3, 0.4) is 0 Å². The summed E-state index contributed by atoms with van der Waals surface area (Å²) in [6, 6.07) is 8.89. The smallest absolute Gasteiger partial charge is 0.371 e. The molecule has 0 aliphatic carbocycles. The summed E-state index contributed by atoms with van der Waals surface area (Å²) in [5.74, 6) is -4.04. The van der Waals surface area contributed by atoms with Crippen molar-refractivity contribution in [2.24, 2.45) is 5.92 Å². The van der Waals surface area contributed by atoms with Crippen molar-refractivity contribution >= 4 is 23.2 Å². The van der Waals surface area contributed by atoms with Gasteiger partial charge in [-0.1, -0.05) is 17.7 Å². The van der Waals surface area contributed by atoms with Crippen molar-refractivity contribution < 1.29 is 26.7 Å². The number of benzene rings is 2. The molecule has 196 valence electrons. The number of amides is 1. The summed E-state index contributed by atoms with van der Waals surface area (Å²) in [5, 5.41) is 3.21. The molecule has 1 saturated heterocycles. The van der Waals surface area contributed by atoms with Crippen LogP contribution in [0.5, 0.6) is 0 Å². The van der Waals surface area contributed by atoms with Crippen molar-refractivity contribution in [2.45, 2.75) is 32.5 Å². The van der Waals surface area contributed by atoms with Crippen LogP contribution in [0.2, 0.25) is 5.02 Å². The Morgan fingerprint density at radius 3 is 2.35 bits per heavy atom. The molecule has 1 fully saturated rings. The number of carbonyl (C=O) groups excluding carboxylic acids is 1. The van der Waals surface area contributed by atoms with E-state index in [1.807, 2.05) is 17.1 Å². The number of nitrogens with zero attached hydrogens (tertiary/aromatic N) is 2. The zero-order valence-electron chi connectivity index (χ0n) is 19.6. The number of hydrogen-bond acceptors (Lipinski definition) is 4. The van der Waals surface area contributed by atoms with E-state index >= 15 is 4.39 Å². The first-order valence-corrected chi connectivity index (χ1v) is 11.8. The minimum atomic E-state index is -4.98. The minimum absolute atomic E-state index is 0.237. The molecule has 1 amide bonds. The number of hydrogen-bond donors (Lipinski definition) is 2. The van der Waals surface area contributed by atoms with E-state index in [1.165, 1.54) is 0 Å². The molecule has 6 nitrogen and oxygen atoms in total. The first-order valence-electron chi connectivity index (χ1n) is 11.4. The molecule has 1 aliphatic heterocycles. The number of aromatic nitrogens is 2. The Hall–Kier alpha value is -3.47. The summed E-state index contributed by atoms with van der Waals surface area (Å²) < 4.78 is 69.9. The minimum Gasteiger partial charge on any atom is -0.371 e. The molecule has 37 heavy (non-hydrogen) atoms. The highest BCUT2D eigenvalue weighted by Crippen LogP contribution is 2.38. The van der Waals surface area contributed by atoms with Crippen molar-refractivity contribution in [3.63, 3.8) is 0 Å². The maximum atomic E-state index is 15.3. The van der Waals surface area contributed by atoms with Gasteiger partial charge in [-0.15, -0.1) is 0 Å². The molecular formula is C25H22ClF5N4O2. The van der Waals surface area contributed by atoms with Gasteiger partial charge in [0.1, 0.15) is 11.6 Å². The van der Waals surface area contributed by atoms with E-state index in [0.717, 1.165) is 18.7 Å². The summed E-state index contributed by atoms with van der Waals surface area (Å²) in [5.41, 5.74) is -3.46. The lowest BCUT2D eigenvalue weighted by atomic mass is 9.95. The molecule has 4 rings (SSSR count). The highest BCUT2D eigenvalue weighted by molar-refractivity contribution is 6.30. The number of piperidine rings is 1. The fraction of sp³-hybridized carbons (Fsp3) is 0.320. The molecule has 0 radical (unpaired) electrons. The molecule has 12 heteroatoms. The van der Waals surface area contributed by atoms with Gasteiger partial charge in [0, 0.05) is 41.8 Å². The van der Waals surface area contributed by atoms with Crippen LogP contribution in [0.25, 0.3) is 11.4 Å². The Morgan fingerprint density at radius 2 is 1.76 bits per heavy atom. The molecule has 3 aromatic rings. The maximum absolute atomic E-state index is 15.3. The predicted octanol–water partition coefficient (Wildman–Crippen LogP) is 5.23. The molecule has 0 saturated carbocycles. The van der Waals surface area contributed by atoms with Gasteiger partial charge in [0.15, 0.2) is 0 Å². The van der Waals surface area contributed by atoms with Crippen LogP contribution < -0.4 is 15.8 Å². The van der Waals surface area contributed by atoms with E-state index in [9.17, 15) is 27.2 Å². The van der Waals surface area contributed by atoms with Crippen molar-refractivity contribution in [1.82, 2.24) is 15.3 Å². The molecule has 0 unspecified atom stereocenters. The third-order valence-corrected chi connectivity index (χ3v) is 6.56. The van der Waals surface area contributed by atoms with E-state index in [0.29, 0.717) is 37.0 Å². The second-order valence-electron chi connectivity index (χ2n) is 8.73. The van der Waals surface area contributed by atoms with Gasteiger partial charge in [-0.25, -0.2) is 9.37 Å². The van der Waals surface area contributed by atoms with Crippen LogP contribution in [-0.2, 0) is 17.5 Å². The van der Waals surface area contributed by atoms with Crippen molar-refractivity contribution in [3.8, 4) is 11.4 Å². The number of aryl methyl sites for hydroxylation is 1. The molecule has 2 heterocycles. The van der Waals surface area contributed by atoms with E-state index in [1.54, 1.807) is 12.1 Å². The Bertz CT molecular complexity index is 1370. The Balaban J connectivity index is 1.50. The van der Waals surface area contributed by atoms with Gasteiger partial charge in [0.25, 0.3) is 5.56 Å². The van der Waals surface area contributed by atoms with Crippen LogP contribution in [0.4, 0.5) is 27.6 Å². The summed E-state index contributed by atoms with van der Waals surface area (Å²) >= 11 is 5.92. The van der Waals surface area contributed by atoms with Gasteiger partial charge in [-0.3, -0.25) is 9.59 Å². The molecule has 2 aromatic carbocycles. The second-order valence-corrected chi connectivity index (χ2v) is 9.16. The summed E-state index contributed by atoms with van der Waals surface area (Å²) in [7, 11) is 0. The number of H-pyrrole nitrogens is 1. The fourth-order valence-electron chi connectivity index (χ4n) is 4.29. The number of halogens is 6. The lowest BCUT2D eigenvalue weighted by Crippen LogP contribution is -2.40. The summed E-state index contributed by atoms with van der Waals surface area (Å²) in [6.45, 7) is 1.93. The first-order chi connectivity index (χ1) is 17.5. The Labute approximate surface area is 213 Å². The fourth-order valence-corrected chi connectivity index (χ4v) is 4.42. The first kappa shape index (κ1) is 26.6. The van der Waals surface area contributed by atoms with Crippen molar-refractivity contribution in [2.75, 3.05) is 18.0 Å². The van der Waals surface area contributed by atoms with Crippen LogP contribution in [0.1, 0.15) is 29.7 Å². The van der Waals surface area contributed by atoms with Gasteiger partial charge >= 0.3 is 6.18 Å². The molecule has 0 atom stereocenters. The number of alkyl halides is 3. The Kier molecular flexibility index (Phi) is 7.54. The SMILES string of the molecule is Cc1nc(-c2c(C(F)(F)F)ccc(CNC(=O)C3CCN(c4ccc(Cl)cc4)CC3)c2F)[nH]c(=O)c1F. The van der Waals surface area contributed by atoms with Crippen LogP contribution in [0.15, 0.2) is 41.2 Å². The van der Waals surface area contributed by atoms with Gasteiger partial charge in [-0.05, 0) is 50.1 Å². The number of carbonyl (C=O) groups is 1. The second kappa shape index (κ2) is 10.5. The highest BCUT2D eigenvalue weighted by Gasteiger charge is 2.37. The molecule has 2 N–H and O–H groups in total. The number of aromatic amines is 1. The lowest BCUT2D eigenvalue weighted by Gasteiger charge is -2.33. The number of anilines is 1. The maximum Gasteiger partial charge on any atom is 0.417 e. The molecule has 0 bridgehead atoms. The lowest BCUT2D eigenvalue weighted by molar-refractivity contribution is -0.137. The average molecular weight is 541 g/mol. The zero-order valence-corrected chi connectivity index (χ0v) is 20.3. The van der Waals surface area contributed by atoms with Crippen LogP contribution in [-0.4, -0.2) is 29.0 Å². The van der Waals surface area contributed by atoms with Gasteiger partial charge in [0.2, 0.25) is 11.7 Å². The van der Waals surface area contributed by atoms with Gasteiger partial charge in [-0.2, -0.15) is 17.6 Å². The monoisotopic (exact) mass is 540 g/mol. The van der Waals surface area contributed by atoms with Crippen molar-refractivity contribution in [1.29, 1.82) is 0 Å². The van der Waals surface area contributed by atoms with Crippen LogP contribution >= 0.6 is 11.6 Å². The predicted molar refractivity (Wildman–Crippen MR) is 128 cm³/mol. The van der Waals surface area contributed by atoms with Gasteiger partial charge < -0.3 is 15.2 Å². The third-order valence-electron chi connectivity index (χ3n) is 6.30. The van der Waals surface area contributed by atoms with E-state index in [2.05, 4.69) is 15.2 Å². The number of rotatable bonds is 5. The van der Waals surface area contributed by atoms with E-state index < -0.39 is 46.0 Å². The standard InChI is InChI=1S/C25H22ClF5N4O2/c1-13-20(27)24(37)34-22(33-13)19-18(25(29,30)31)7-2-15(21(19)28)12-32-23(36)14-8-10-35(11-9-14)17-5-3-16(26)4-6-17/h2-7,14H,8-12H2,1H3,(H,32,36)(H,33,34,37). The summed E-state index contributed by atoms with van der Waals surface area (Å²) in [6.07, 6.45) is -3.90. The van der Waals surface area contributed by atoms with E-state index in [4.69, 9.17) is 11.6 Å². The number of nitrogens with one attached hydrogen (secondary N) is 2. The molecular weight excluding hydrogens is 519 g/mol.